The molecular formula is C12H22N4O. The number of anilines is 2. The van der Waals surface area contributed by atoms with Gasteiger partial charge in [-0.25, -0.2) is 9.97 Å². The molecule has 5 heteroatoms. The second-order valence-corrected chi connectivity index (χ2v) is 4.24. The molecule has 1 aromatic heterocycles. The van der Waals surface area contributed by atoms with Crippen LogP contribution in [0.3, 0.4) is 0 Å². The molecule has 0 fully saturated rings. The van der Waals surface area contributed by atoms with Crippen molar-refractivity contribution < 1.29 is 4.74 Å². The molecule has 0 saturated carbocycles. The Morgan fingerprint density at radius 3 is 2.41 bits per heavy atom. The number of aromatic nitrogens is 2. The Labute approximate surface area is 103 Å². The molecule has 0 amide bonds. The number of nitrogens with zero attached hydrogens (tertiary/aromatic N) is 2. The van der Waals surface area contributed by atoms with Crippen LogP contribution in [-0.4, -0.2) is 30.2 Å². The van der Waals surface area contributed by atoms with Gasteiger partial charge in [-0.05, 0) is 19.3 Å². The second kappa shape index (κ2) is 6.93. The molecule has 0 radical (unpaired) electrons. The summed E-state index contributed by atoms with van der Waals surface area (Å²) in [7, 11) is 1.63. The van der Waals surface area contributed by atoms with Gasteiger partial charge in [-0.15, -0.1) is 0 Å². The van der Waals surface area contributed by atoms with Crippen LogP contribution in [0.15, 0.2) is 6.33 Å². The third-order valence-electron chi connectivity index (χ3n) is 2.37. The second-order valence-electron chi connectivity index (χ2n) is 4.24. The quantitative estimate of drug-likeness (QED) is 0.763. The summed E-state index contributed by atoms with van der Waals surface area (Å²) in [5, 5.41) is 6.43. The number of ether oxygens (including phenoxy) is 1. The normalized spacial score (nSPS) is 10.4. The molecule has 0 spiro atoms. The van der Waals surface area contributed by atoms with Crippen molar-refractivity contribution >= 4 is 11.6 Å². The molecule has 5 nitrogen and oxygen atoms in total. The average Bonchev–Trinajstić information content (AvgIpc) is 2.29. The van der Waals surface area contributed by atoms with E-state index < -0.39 is 0 Å². The molecule has 1 aromatic rings. The number of hydrogen-bond acceptors (Lipinski definition) is 5. The van der Waals surface area contributed by atoms with Gasteiger partial charge in [-0.3, -0.25) is 0 Å². The van der Waals surface area contributed by atoms with Gasteiger partial charge in [0, 0.05) is 13.1 Å². The molecule has 96 valence electrons. The van der Waals surface area contributed by atoms with E-state index in [1.54, 1.807) is 7.11 Å². The molecular weight excluding hydrogens is 216 g/mol. The molecule has 0 aliphatic heterocycles. The molecule has 0 bridgehead atoms. The molecule has 1 rings (SSSR count). The van der Waals surface area contributed by atoms with E-state index in [0.717, 1.165) is 31.1 Å². The van der Waals surface area contributed by atoms with Crippen molar-refractivity contribution in [2.45, 2.75) is 27.2 Å². The molecule has 0 aliphatic carbocycles. The Morgan fingerprint density at radius 2 is 1.88 bits per heavy atom. The van der Waals surface area contributed by atoms with Crippen molar-refractivity contribution in [3.8, 4) is 5.75 Å². The first-order valence-electron chi connectivity index (χ1n) is 6.05. The average molecular weight is 238 g/mol. The Balaban J connectivity index is 2.73. The van der Waals surface area contributed by atoms with Crippen molar-refractivity contribution in [3.05, 3.63) is 6.33 Å². The monoisotopic (exact) mass is 238 g/mol. The van der Waals surface area contributed by atoms with Crippen molar-refractivity contribution in [1.29, 1.82) is 0 Å². The summed E-state index contributed by atoms with van der Waals surface area (Å²) < 4.78 is 5.34. The first kappa shape index (κ1) is 13.5. The standard InChI is InChI=1S/C12H22N4O/c1-5-13-11-10(17-4)12(16-8-15-11)14-7-6-9(2)3/h8-9H,5-7H2,1-4H3,(H2,13,14,15,16). The lowest BCUT2D eigenvalue weighted by atomic mass is 10.1. The topological polar surface area (TPSA) is 59.1 Å². The van der Waals surface area contributed by atoms with E-state index in [4.69, 9.17) is 4.74 Å². The summed E-state index contributed by atoms with van der Waals surface area (Å²) in [4.78, 5) is 8.36. The van der Waals surface area contributed by atoms with E-state index in [1.807, 2.05) is 6.92 Å². The van der Waals surface area contributed by atoms with Gasteiger partial charge in [0.25, 0.3) is 0 Å². The maximum Gasteiger partial charge on any atom is 0.204 e. The van der Waals surface area contributed by atoms with Crippen LogP contribution in [0.5, 0.6) is 5.75 Å². The lowest BCUT2D eigenvalue weighted by Crippen LogP contribution is -2.10. The number of nitrogens with one attached hydrogen (secondary N) is 2. The lowest BCUT2D eigenvalue weighted by Gasteiger charge is -2.14. The fourth-order valence-electron chi connectivity index (χ4n) is 1.47. The highest BCUT2D eigenvalue weighted by atomic mass is 16.5. The van der Waals surface area contributed by atoms with Crippen LogP contribution in [0.4, 0.5) is 11.6 Å². The molecule has 0 unspecified atom stereocenters. The highest BCUT2D eigenvalue weighted by Gasteiger charge is 2.10. The third kappa shape index (κ3) is 4.09. The summed E-state index contributed by atoms with van der Waals surface area (Å²) in [6.07, 6.45) is 2.64. The Kier molecular flexibility index (Phi) is 5.52. The molecule has 1 heterocycles. The van der Waals surface area contributed by atoms with Gasteiger partial charge < -0.3 is 15.4 Å². The van der Waals surface area contributed by atoms with Crippen LogP contribution in [-0.2, 0) is 0 Å². The van der Waals surface area contributed by atoms with Gasteiger partial charge in [-0.2, -0.15) is 0 Å². The first-order valence-corrected chi connectivity index (χ1v) is 6.05. The molecule has 0 aliphatic rings. The maximum absolute atomic E-state index is 5.34. The van der Waals surface area contributed by atoms with E-state index in [0.29, 0.717) is 11.7 Å². The van der Waals surface area contributed by atoms with Gasteiger partial charge in [0.15, 0.2) is 11.6 Å². The zero-order chi connectivity index (χ0) is 12.7. The molecule has 0 aromatic carbocycles. The highest BCUT2D eigenvalue weighted by molar-refractivity contribution is 5.63. The van der Waals surface area contributed by atoms with Gasteiger partial charge in [0.1, 0.15) is 6.33 Å². The highest BCUT2D eigenvalue weighted by Crippen LogP contribution is 2.28. The summed E-state index contributed by atoms with van der Waals surface area (Å²) in [5.41, 5.74) is 0. The lowest BCUT2D eigenvalue weighted by molar-refractivity contribution is 0.414. The fraction of sp³-hybridized carbons (Fsp3) is 0.667. The summed E-state index contributed by atoms with van der Waals surface area (Å²) in [6.45, 7) is 8.11. The van der Waals surface area contributed by atoms with Gasteiger partial charge in [0.05, 0.1) is 7.11 Å². The molecule has 17 heavy (non-hydrogen) atoms. The van der Waals surface area contributed by atoms with E-state index in [1.165, 1.54) is 6.33 Å². The minimum absolute atomic E-state index is 0.670. The van der Waals surface area contributed by atoms with Crippen LogP contribution < -0.4 is 15.4 Å². The van der Waals surface area contributed by atoms with Crippen LogP contribution in [0.25, 0.3) is 0 Å². The smallest absolute Gasteiger partial charge is 0.204 e. The first-order chi connectivity index (χ1) is 8.19. The van der Waals surface area contributed by atoms with Gasteiger partial charge in [0.2, 0.25) is 5.75 Å². The predicted octanol–water partition coefficient (Wildman–Crippen LogP) is 2.38. The van der Waals surface area contributed by atoms with Gasteiger partial charge >= 0.3 is 0 Å². The maximum atomic E-state index is 5.34. The Hall–Kier alpha value is -1.52. The largest absolute Gasteiger partial charge is 0.490 e. The zero-order valence-corrected chi connectivity index (χ0v) is 11.1. The minimum Gasteiger partial charge on any atom is -0.490 e. The van der Waals surface area contributed by atoms with Crippen LogP contribution in [0, 0.1) is 5.92 Å². The number of rotatable bonds is 7. The van der Waals surface area contributed by atoms with Gasteiger partial charge in [-0.1, -0.05) is 13.8 Å². The van der Waals surface area contributed by atoms with Crippen molar-refractivity contribution in [2.75, 3.05) is 30.8 Å². The summed E-state index contributed by atoms with van der Waals surface area (Å²) >= 11 is 0. The van der Waals surface area contributed by atoms with Crippen LogP contribution in [0.2, 0.25) is 0 Å². The fourth-order valence-corrected chi connectivity index (χ4v) is 1.47. The zero-order valence-electron chi connectivity index (χ0n) is 11.1. The predicted molar refractivity (Wildman–Crippen MR) is 70.7 cm³/mol. The third-order valence-corrected chi connectivity index (χ3v) is 2.37. The van der Waals surface area contributed by atoms with E-state index in [-0.39, 0.29) is 0 Å². The number of methoxy groups -OCH3 is 1. The molecule has 0 atom stereocenters. The summed E-state index contributed by atoms with van der Waals surface area (Å²) in [5.74, 6) is 2.83. The van der Waals surface area contributed by atoms with Crippen molar-refractivity contribution in [3.63, 3.8) is 0 Å². The number of hydrogen-bond donors (Lipinski definition) is 2. The van der Waals surface area contributed by atoms with Crippen molar-refractivity contribution in [2.24, 2.45) is 5.92 Å². The minimum atomic E-state index is 0.670. The van der Waals surface area contributed by atoms with E-state index >= 15 is 0 Å². The Morgan fingerprint density at radius 1 is 1.24 bits per heavy atom. The van der Waals surface area contributed by atoms with E-state index in [2.05, 4.69) is 34.4 Å². The van der Waals surface area contributed by atoms with Crippen LogP contribution >= 0.6 is 0 Å². The molecule has 0 saturated heterocycles. The van der Waals surface area contributed by atoms with Crippen LogP contribution in [0.1, 0.15) is 27.2 Å². The van der Waals surface area contributed by atoms with E-state index in [9.17, 15) is 0 Å². The van der Waals surface area contributed by atoms with Crippen molar-refractivity contribution in [1.82, 2.24) is 9.97 Å². The Bertz CT molecular complexity index is 341. The summed E-state index contributed by atoms with van der Waals surface area (Å²) in [6, 6.07) is 0. The molecule has 2 N–H and O–H groups in total. The SMILES string of the molecule is CCNc1ncnc(NCCC(C)C)c1OC.